The van der Waals surface area contributed by atoms with Crippen LogP contribution in [-0.4, -0.2) is 65.1 Å². The Morgan fingerprint density at radius 3 is 2.45 bits per heavy atom. The Kier molecular flexibility index (Phi) is 3.89. The van der Waals surface area contributed by atoms with Crippen LogP contribution in [-0.2, 0) is 4.74 Å². The van der Waals surface area contributed by atoms with Crippen molar-refractivity contribution < 1.29 is 9.53 Å². The minimum absolute atomic E-state index is 0.189. The largest absolute Gasteiger partial charge is 0.444 e. The van der Waals surface area contributed by atoms with Gasteiger partial charge in [-0.05, 0) is 39.7 Å². The predicted octanol–water partition coefficient (Wildman–Crippen LogP) is 1.37. The topological polar surface area (TPSA) is 71.2 Å². The Hall–Kier alpha value is -1.56. The standard InChI is InChI=1S/C16H26N4O2/c1-16(2,3)22-15(21)19-9-12-4-5-13(10-19)20(12)11-6-7-14(17)18-8-11/h6-7,11-13H,4-5,8-10H2,1-3H3,(H2,17,18). The van der Waals surface area contributed by atoms with Gasteiger partial charge in [0.25, 0.3) is 0 Å². The number of ether oxygens (including phenoxy) is 1. The molecule has 3 aliphatic heterocycles. The van der Waals surface area contributed by atoms with Crippen molar-refractivity contribution in [1.29, 1.82) is 0 Å². The molecule has 0 aliphatic carbocycles. The van der Waals surface area contributed by atoms with Gasteiger partial charge in [-0.3, -0.25) is 9.89 Å². The summed E-state index contributed by atoms with van der Waals surface area (Å²) < 4.78 is 5.51. The van der Waals surface area contributed by atoms with E-state index in [1.807, 2.05) is 31.7 Å². The summed E-state index contributed by atoms with van der Waals surface area (Å²) in [7, 11) is 0. The van der Waals surface area contributed by atoms with E-state index >= 15 is 0 Å². The molecule has 0 aromatic carbocycles. The Balaban J connectivity index is 1.65. The molecular formula is C16H26N4O2. The smallest absolute Gasteiger partial charge is 0.410 e. The van der Waals surface area contributed by atoms with Crippen LogP contribution in [0.3, 0.4) is 0 Å². The third kappa shape index (κ3) is 3.11. The summed E-state index contributed by atoms with van der Waals surface area (Å²) >= 11 is 0. The second kappa shape index (κ2) is 5.57. The van der Waals surface area contributed by atoms with Crippen molar-refractivity contribution in [2.75, 3.05) is 19.6 Å². The highest BCUT2D eigenvalue weighted by molar-refractivity contribution is 5.92. The molecule has 3 aliphatic rings. The lowest BCUT2D eigenvalue weighted by Gasteiger charge is -2.44. The molecule has 0 aromatic rings. The zero-order valence-electron chi connectivity index (χ0n) is 13.7. The van der Waals surface area contributed by atoms with Crippen LogP contribution < -0.4 is 5.73 Å². The molecule has 6 heteroatoms. The molecule has 0 saturated carbocycles. The fraction of sp³-hybridized carbons (Fsp3) is 0.750. The molecule has 1 amide bonds. The lowest BCUT2D eigenvalue weighted by Crippen LogP contribution is -2.59. The van der Waals surface area contributed by atoms with Gasteiger partial charge in [0.15, 0.2) is 0 Å². The Morgan fingerprint density at radius 1 is 1.32 bits per heavy atom. The SMILES string of the molecule is CC(C)(C)OC(=O)N1CC2CCC(C1)N2C1C=CC(N)=NC1. The molecule has 3 rings (SSSR count). The van der Waals surface area contributed by atoms with Gasteiger partial charge in [-0.1, -0.05) is 6.08 Å². The molecule has 22 heavy (non-hydrogen) atoms. The van der Waals surface area contributed by atoms with Gasteiger partial charge in [0.1, 0.15) is 11.4 Å². The quantitative estimate of drug-likeness (QED) is 0.794. The summed E-state index contributed by atoms with van der Waals surface area (Å²) in [6.45, 7) is 7.94. The maximum absolute atomic E-state index is 12.3. The third-order valence-corrected chi connectivity index (χ3v) is 4.52. The van der Waals surface area contributed by atoms with E-state index in [4.69, 9.17) is 10.5 Å². The summed E-state index contributed by atoms with van der Waals surface area (Å²) in [5, 5.41) is 0. The second-order valence-corrected chi connectivity index (χ2v) is 7.41. The lowest BCUT2D eigenvalue weighted by molar-refractivity contribution is -0.00317. The third-order valence-electron chi connectivity index (χ3n) is 4.52. The summed E-state index contributed by atoms with van der Waals surface area (Å²) in [5.41, 5.74) is 5.27. The first kappa shape index (κ1) is 15.3. The van der Waals surface area contributed by atoms with Crippen LogP contribution in [0.1, 0.15) is 33.6 Å². The van der Waals surface area contributed by atoms with Gasteiger partial charge in [-0.15, -0.1) is 0 Å². The van der Waals surface area contributed by atoms with Crippen LogP contribution in [0, 0.1) is 0 Å². The number of amides is 1. The molecule has 0 spiro atoms. The van der Waals surface area contributed by atoms with Crippen LogP contribution in [0.15, 0.2) is 17.1 Å². The number of nitrogens with two attached hydrogens (primary N) is 1. The van der Waals surface area contributed by atoms with Crippen molar-refractivity contribution in [2.24, 2.45) is 10.7 Å². The Bertz CT molecular complexity index is 495. The average Bonchev–Trinajstić information content (AvgIpc) is 2.68. The van der Waals surface area contributed by atoms with Gasteiger partial charge in [-0.25, -0.2) is 4.79 Å². The highest BCUT2D eigenvalue weighted by Gasteiger charge is 2.44. The number of nitrogens with zero attached hydrogens (tertiary/aromatic N) is 3. The highest BCUT2D eigenvalue weighted by atomic mass is 16.6. The molecule has 0 aromatic heterocycles. The molecule has 3 unspecified atom stereocenters. The molecule has 3 heterocycles. The van der Waals surface area contributed by atoms with E-state index in [1.165, 1.54) is 0 Å². The van der Waals surface area contributed by atoms with E-state index in [9.17, 15) is 4.79 Å². The molecule has 122 valence electrons. The summed E-state index contributed by atoms with van der Waals surface area (Å²) in [5.74, 6) is 0.607. The minimum Gasteiger partial charge on any atom is -0.444 e. The van der Waals surface area contributed by atoms with Gasteiger partial charge in [-0.2, -0.15) is 0 Å². The number of amidine groups is 1. The van der Waals surface area contributed by atoms with Crippen LogP contribution in [0.4, 0.5) is 4.79 Å². The van der Waals surface area contributed by atoms with Crippen molar-refractivity contribution in [3.05, 3.63) is 12.2 Å². The maximum atomic E-state index is 12.3. The molecule has 2 bridgehead atoms. The van der Waals surface area contributed by atoms with Crippen molar-refractivity contribution in [1.82, 2.24) is 9.80 Å². The van der Waals surface area contributed by atoms with Crippen molar-refractivity contribution >= 4 is 11.9 Å². The molecule has 2 saturated heterocycles. The van der Waals surface area contributed by atoms with E-state index in [1.54, 1.807) is 0 Å². The van der Waals surface area contributed by atoms with E-state index in [0.717, 1.165) is 32.5 Å². The first-order chi connectivity index (χ1) is 10.3. The minimum atomic E-state index is -0.439. The number of aliphatic imine (C=N–C) groups is 1. The number of fused-ring (bicyclic) bond motifs is 2. The average molecular weight is 306 g/mol. The summed E-state index contributed by atoms with van der Waals surface area (Å²) in [6.07, 6.45) is 6.12. The number of likely N-dealkylation sites (tertiary alicyclic amines) is 1. The lowest BCUT2D eigenvalue weighted by atomic mass is 10.1. The van der Waals surface area contributed by atoms with Crippen molar-refractivity contribution in [2.45, 2.75) is 57.3 Å². The zero-order chi connectivity index (χ0) is 15.9. The van der Waals surface area contributed by atoms with Crippen LogP contribution in [0.5, 0.6) is 0 Å². The van der Waals surface area contributed by atoms with E-state index < -0.39 is 5.60 Å². The number of hydrogen-bond donors (Lipinski definition) is 1. The van der Waals surface area contributed by atoms with E-state index in [2.05, 4.69) is 16.0 Å². The second-order valence-electron chi connectivity index (χ2n) is 7.41. The van der Waals surface area contributed by atoms with Crippen molar-refractivity contribution in [3.8, 4) is 0 Å². The number of carbonyl (C=O) groups excluding carboxylic acids is 1. The Labute approximate surface area is 132 Å². The number of piperazine rings is 1. The molecule has 2 N–H and O–H groups in total. The van der Waals surface area contributed by atoms with Crippen molar-refractivity contribution in [3.63, 3.8) is 0 Å². The first-order valence-corrected chi connectivity index (χ1v) is 8.07. The van der Waals surface area contributed by atoms with Gasteiger partial charge in [0.05, 0.1) is 6.54 Å². The highest BCUT2D eigenvalue weighted by Crippen LogP contribution is 2.33. The van der Waals surface area contributed by atoms with Crippen LogP contribution in [0.25, 0.3) is 0 Å². The van der Waals surface area contributed by atoms with E-state index in [0.29, 0.717) is 24.0 Å². The predicted molar refractivity (Wildman–Crippen MR) is 85.9 cm³/mol. The normalized spacial score (nSPS) is 32.0. The molecule has 6 nitrogen and oxygen atoms in total. The number of carbonyl (C=O) groups is 1. The van der Waals surface area contributed by atoms with Gasteiger partial charge in [0, 0.05) is 31.2 Å². The van der Waals surface area contributed by atoms with Gasteiger partial charge < -0.3 is 15.4 Å². The van der Waals surface area contributed by atoms with Crippen LogP contribution in [0.2, 0.25) is 0 Å². The fourth-order valence-electron chi connectivity index (χ4n) is 3.67. The fourth-order valence-corrected chi connectivity index (χ4v) is 3.67. The molecule has 2 fully saturated rings. The Morgan fingerprint density at radius 2 is 1.95 bits per heavy atom. The van der Waals surface area contributed by atoms with Gasteiger partial charge >= 0.3 is 6.09 Å². The van der Waals surface area contributed by atoms with Crippen LogP contribution >= 0.6 is 0 Å². The zero-order valence-corrected chi connectivity index (χ0v) is 13.7. The molecule has 3 atom stereocenters. The summed E-state index contributed by atoms with van der Waals surface area (Å²) in [4.78, 5) is 21.0. The molecular weight excluding hydrogens is 280 g/mol. The number of dihydropyridines is 1. The summed E-state index contributed by atoms with van der Waals surface area (Å²) in [6, 6.07) is 1.11. The number of rotatable bonds is 1. The van der Waals surface area contributed by atoms with E-state index in [-0.39, 0.29) is 6.09 Å². The maximum Gasteiger partial charge on any atom is 0.410 e. The first-order valence-electron chi connectivity index (χ1n) is 8.07. The van der Waals surface area contributed by atoms with Gasteiger partial charge in [0.2, 0.25) is 0 Å². The molecule has 0 radical (unpaired) electrons. The monoisotopic (exact) mass is 306 g/mol. The number of hydrogen-bond acceptors (Lipinski definition) is 5.